The summed E-state index contributed by atoms with van der Waals surface area (Å²) in [5.41, 5.74) is -2.14. The monoisotopic (exact) mass is 303 g/mol. The number of alkyl halides is 3. The van der Waals surface area contributed by atoms with E-state index in [1.807, 2.05) is 6.92 Å². The zero-order valence-corrected chi connectivity index (χ0v) is 11.5. The highest BCUT2D eigenvalue weighted by Crippen LogP contribution is 2.30. The van der Waals surface area contributed by atoms with Gasteiger partial charge in [-0.15, -0.1) is 0 Å². The molecule has 116 valence electrons. The van der Waals surface area contributed by atoms with Gasteiger partial charge in [0.05, 0.1) is 0 Å². The summed E-state index contributed by atoms with van der Waals surface area (Å²) in [7, 11) is 0. The zero-order valence-electron chi connectivity index (χ0n) is 11.5. The maximum absolute atomic E-state index is 12.6. The van der Waals surface area contributed by atoms with Crippen LogP contribution in [0.2, 0.25) is 0 Å². The van der Waals surface area contributed by atoms with Crippen molar-refractivity contribution in [3.05, 3.63) is 22.1 Å². The van der Waals surface area contributed by atoms with Crippen LogP contribution in [0.3, 0.4) is 0 Å². The minimum Gasteiger partial charge on any atom is -0.294 e. The first-order valence-corrected chi connectivity index (χ1v) is 6.86. The number of aromatic nitrogens is 2. The molecule has 1 amide bonds. The molecule has 0 saturated carbocycles. The molecule has 2 heterocycles. The first kappa shape index (κ1) is 15.5. The van der Waals surface area contributed by atoms with Crippen molar-refractivity contribution in [3.63, 3.8) is 0 Å². The molecule has 0 radical (unpaired) electrons. The Bertz CT molecular complexity index is 595. The number of amides is 1. The van der Waals surface area contributed by atoms with Crippen molar-refractivity contribution in [2.75, 3.05) is 5.32 Å². The summed E-state index contributed by atoms with van der Waals surface area (Å²) in [5, 5.41) is 2.25. The van der Waals surface area contributed by atoms with Crippen molar-refractivity contribution in [3.8, 4) is 0 Å². The van der Waals surface area contributed by atoms with Gasteiger partial charge in [-0.1, -0.05) is 32.6 Å². The van der Waals surface area contributed by atoms with E-state index in [9.17, 15) is 22.8 Å². The summed E-state index contributed by atoms with van der Waals surface area (Å²) in [6, 6.07) is -0.331. The van der Waals surface area contributed by atoms with Gasteiger partial charge in [0.2, 0.25) is 11.9 Å². The number of carbonyl (C=O) groups excluding carboxylic acids is 1. The van der Waals surface area contributed by atoms with Gasteiger partial charge < -0.3 is 0 Å². The van der Waals surface area contributed by atoms with Crippen LogP contribution < -0.4 is 10.9 Å². The summed E-state index contributed by atoms with van der Waals surface area (Å²) >= 11 is 0. The molecular formula is C13H16F3N3O2. The molecule has 0 aliphatic carbocycles. The number of hydrogen-bond acceptors (Lipinski definition) is 3. The number of unbranched alkanes of at least 4 members (excludes halogenated alkanes) is 3. The highest BCUT2D eigenvalue weighted by Gasteiger charge is 2.38. The van der Waals surface area contributed by atoms with Crippen LogP contribution in [0.15, 0.2) is 10.9 Å². The third-order valence-electron chi connectivity index (χ3n) is 3.42. The first-order chi connectivity index (χ1) is 9.84. The standard InChI is InChI=1S/C13H16F3N3O2/c1-2-3-4-5-6-8-11(21)18-12-17-9(13(14,15)16)7-10(20)19(8)12/h7-8H,2-6H2,1H3,(H,17,18,21). The lowest BCUT2D eigenvalue weighted by molar-refractivity contribution is -0.141. The minimum atomic E-state index is -4.71. The molecule has 2 rings (SSSR count). The van der Waals surface area contributed by atoms with Crippen LogP contribution in [0.25, 0.3) is 0 Å². The second-order valence-electron chi connectivity index (χ2n) is 5.03. The SMILES string of the molecule is CCCCCCC1C(=O)Nc2nc(C(F)(F)F)cc(=O)n21. The van der Waals surface area contributed by atoms with Gasteiger partial charge in [-0.05, 0) is 6.42 Å². The molecule has 8 heteroatoms. The Kier molecular flexibility index (Phi) is 4.34. The molecule has 0 saturated heterocycles. The first-order valence-electron chi connectivity index (χ1n) is 6.86. The molecule has 0 fully saturated rings. The number of rotatable bonds is 5. The predicted molar refractivity (Wildman–Crippen MR) is 69.9 cm³/mol. The van der Waals surface area contributed by atoms with Crippen molar-refractivity contribution < 1.29 is 18.0 Å². The lowest BCUT2D eigenvalue weighted by atomic mass is 10.1. The number of nitrogens with zero attached hydrogens (tertiary/aromatic N) is 2. The Morgan fingerprint density at radius 2 is 2.00 bits per heavy atom. The topological polar surface area (TPSA) is 64.0 Å². The van der Waals surface area contributed by atoms with Crippen LogP contribution in [0.4, 0.5) is 19.1 Å². The van der Waals surface area contributed by atoms with Crippen molar-refractivity contribution >= 4 is 11.9 Å². The molecule has 1 atom stereocenters. The third kappa shape index (κ3) is 3.25. The maximum atomic E-state index is 12.6. The van der Waals surface area contributed by atoms with E-state index in [-0.39, 0.29) is 5.95 Å². The lowest BCUT2D eigenvalue weighted by Crippen LogP contribution is -2.26. The molecule has 1 aromatic heterocycles. The second kappa shape index (κ2) is 5.87. The van der Waals surface area contributed by atoms with Gasteiger partial charge in [0.25, 0.3) is 5.56 Å². The van der Waals surface area contributed by atoms with E-state index >= 15 is 0 Å². The molecule has 1 N–H and O–H groups in total. The zero-order chi connectivity index (χ0) is 15.6. The van der Waals surface area contributed by atoms with E-state index in [1.165, 1.54) is 0 Å². The van der Waals surface area contributed by atoms with Crippen molar-refractivity contribution in [1.29, 1.82) is 0 Å². The van der Waals surface area contributed by atoms with E-state index in [4.69, 9.17) is 0 Å². The van der Waals surface area contributed by atoms with Crippen LogP contribution >= 0.6 is 0 Å². The van der Waals surface area contributed by atoms with E-state index in [1.54, 1.807) is 0 Å². The molecule has 1 unspecified atom stereocenters. The van der Waals surface area contributed by atoms with Gasteiger partial charge in [-0.2, -0.15) is 13.2 Å². The van der Waals surface area contributed by atoms with Crippen LogP contribution in [-0.4, -0.2) is 15.5 Å². The Hall–Kier alpha value is -1.86. The molecule has 1 aromatic rings. The van der Waals surface area contributed by atoms with Gasteiger partial charge in [0.1, 0.15) is 6.04 Å². The second-order valence-corrected chi connectivity index (χ2v) is 5.03. The van der Waals surface area contributed by atoms with E-state index < -0.39 is 29.4 Å². The normalized spacial score (nSPS) is 17.7. The molecule has 1 aliphatic rings. The van der Waals surface area contributed by atoms with Gasteiger partial charge in [-0.25, -0.2) is 4.98 Å². The Morgan fingerprint density at radius 1 is 1.29 bits per heavy atom. The summed E-state index contributed by atoms with van der Waals surface area (Å²) in [6.07, 6.45) is -0.590. The largest absolute Gasteiger partial charge is 0.433 e. The molecular weight excluding hydrogens is 287 g/mol. The van der Waals surface area contributed by atoms with Crippen LogP contribution in [0.5, 0.6) is 0 Å². The molecule has 5 nitrogen and oxygen atoms in total. The number of hydrogen-bond donors (Lipinski definition) is 1. The summed E-state index contributed by atoms with van der Waals surface area (Å²) in [6.45, 7) is 2.05. The fourth-order valence-electron chi connectivity index (χ4n) is 2.36. The van der Waals surface area contributed by atoms with Gasteiger partial charge >= 0.3 is 6.18 Å². The quantitative estimate of drug-likeness (QED) is 0.851. The van der Waals surface area contributed by atoms with Gasteiger partial charge in [-0.3, -0.25) is 19.5 Å². The lowest BCUT2D eigenvalue weighted by Gasteiger charge is -2.12. The van der Waals surface area contributed by atoms with E-state index in [2.05, 4.69) is 10.3 Å². The van der Waals surface area contributed by atoms with E-state index in [0.717, 1.165) is 30.3 Å². The number of halogens is 3. The van der Waals surface area contributed by atoms with Crippen LogP contribution in [-0.2, 0) is 11.0 Å². The van der Waals surface area contributed by atoms with Gasteiger partial charge in [0.15, 0.2) is 5.69 Å². The molecule has 0 aromatic carbocycles. The Labute approximate surface area is 119 Å². The predicted octanol–water partition coefficient (Wildman–Crippen LogP) is 2.73. The minimum absolute atomic E-state index is 0.319. The van der Waals surface area contributed by atoms with Crippen molar-refractivity contribution in [1.82, 2.24) is 9.55 Å². The van der Waals surface area contributed by atoms with Crippen LogP contribution in [0, 0.1) is 0 Å². The third-order valence-corrected chi connectivity index (χ3v) is 3.42. The van der Waals surface area contributed by atoms with Gasteiger partial charge in [0, 0.05) is 6.07 Å². The highest BCUT2D eigenvalue weighted by molar-refractivity contribution is 5.95. The molecule has 1 aliphatic heterocycles. The van der Waals surface area contributed by atoms with E-state index in [0.29, 0.717) is 12.5 Å². The number of fused-ring (bicyclic) bond motifs is 1. The number of anilines is 1. The molecule has 0 bridgehead atoms. The Balaban J connectivity index is 2.25. The highest BCUT2D eigenvalue weighted by atomic mass is 19.4. The maximum Gasteiger partial charge on any atom is 0.433 e. The number of nitrogens with one attached hydrogen (secondary N) is 1. The smallest absolute Gasteiger partial charge is 0.294 e. The van der Waals surface area contributed by atoms with Crippen molar-refractivity contribution in [2.24, 2.45) is 0 Å². The fraction of sp³-hybridized carbons (Fsp3) is 0.615. The van der Waals surface area contributed by atoms with Crippen LogP contribution in [0.1, 0.15) is 50.8 Å². The van der Waals surface area contributed by atoms with Crippen molar-refractivity contribution in [2.45, 2.75) is 51.2 Å². The average Bonchev–Trinajstić information content (AvgIpc) is 2.70. The fourth-order valence-corrected chi connectivity index (χ4v) is 2.36. The summed E-state index contributed by atoms with van der Waals surface area (Å²) < 4.78 is 38.8. The average molecular weight is 303 g/mol. The molecule has 21 heavy (non-hydrogen) atoms. The number of carbonyl (C=O) groups is 1. The Morgan fingerprint density at radius 3 is 2.62 bits per heavy atom. The summed E-state index contributed by atoms with van der Waals surface area (Å²) in [4.78, 5) is 27.0. The molecule has 0 spiro atoms. The summed E-state index contributed by atoms with van der Waals surface area (Å²) in [5.74, 6) is -0.796.